The van der Waals surface area contributed by atoms with Crippen LogP contribution in [-0.2, 0) is 11.3 Å². The molecule has 1 aliphatic carbocycles. The van der Waals surface area contributed by atoms with E-state index in [1.807, 2.05) is 12.1 Å². The van der Waals surface area contributed by atoms with Crippen molar-refractivity contribution in [3.63, 3.8) is 0 Å². The van der Waals surface area contributed by atoms with Crippen LogP contribution >= 0.6 is 0 Å². The normalized spacial score (nSPS) is 30.5. The molecule has 0 radical (unpaired) electrons. The van der Waals surface area contributed by atoms with E-state index in [4.69, 9.17) is 9.47 Å². The number of rotatable bonds is 1. The Balaban J connectivity index is 1.80. The molecule has 4 rings (SSSR count). The van der Waals surface area contributed by atoms with Crippen molar-refractivity contribution in [2.75, 3.05) is 6.79 Å². The van der Waals surface area contributed by atoms with Crippen LogP contribution < -0.4 is 14.8 Å². The van der Waals surface area contributed by atoms with Gasteiger partial charge < -0.3 is 19.9 Å². The Hall–Kier alpha value is -1.75. The molecule has 1 aromatic rings. The highest BCUT2D eigenvalue weighted by atomic mass is 16.7. The average Bonchev–Trinajstić information content (AvgIpc) is 2.91. The summed E-state index contributed by atoms with van der Waals surface area (Å²) in [5.41, 5.74) is 2.27. The third kappa shape index (κ3) is 1.69. The summed E-state index contributed by atoms with van der Waals surface area (Å²) in [5.74, 6) is 0.568. The summed E-state index contributed by atoms with van der Waals surface area (Å²) in [6.45, 7) is 1.03. The number of carboxylic acid groups (broad SMARTS) is 1. The largest absolute Gasteiger partial charge is 0.481 e. The lowest BCUT2D eigenvalue weighted by Crippen LogP contribution is -2.46. The predicted molar refractivity (Wildman–Crippen MR) is 70.9 cm³/mol. The molecule has 106 valence electrons. The maximum Gasteiger partial charge on any atom is 0.307 e. The first-order valence-corrected chi connectivity index (χ1v) is 7.12. The van der Waals surface area contributed by atoms with Crippen molar-refractivity contribution < 1.29 is 19.4 Å². The van der Waals surface area contributed by atoms with E-state index in [2.05, 4.69) is 5.32 Å². The van der Waals surface area contributed by atoms with Crippen molar-refractivity contribution in [2.24, 2.45) is 5.92 Å². The minimum atomic E-state index is -0.688. The Morgan fingerprint density at radius 3 is 2.85 bits per heavy atom. The Kier molecular flexibility index (Phi) is 2.63. The number of hydrogen-bond acceptors (Lipinski definition) is 4. The highest BCUT2D eigenvalue weighted by Gasteiger charge is 2.42. The summed E-state index contributed by atoms with van der Waals surface area (Å²) in [4.78, 5) is 11.6. The van der Waals surface area contributed by atoms with Gasteiger partial charge in [0, 0.05) is 18.5 Å². The van der Waals surface area contributed by atoms with Gasteiger partial charge in [0.15, 0.2) is 11.5 Å². The minimum absolute atomic E-state index is 0.0412. The van der Waals surface area contributed by atoms with Gasteiger partial charge in [-0.1, -0.05) is 6.42 Å². The summed E-state index contributed by atoms with van der Waals surface area (Å²) in [6.07, 6.45) is 2.78. The van der Waals surface area contributed by atoms with Gasteiger partial charge >= 0.3 is 5.97 Å². The fourth-order valence-corrected chi connectivity index (χ4v) is 3.84. The van der Waals surface area contributed by atoms with E-state index in [1.165, 1.54) is 0 Å². The van der Waals surface area contributed by atoms with E-state index in [0.29, 0.717) is 0 Å². The van der Waals surface area contributed by atoms with Crippen LogP contribution in [0.4, 0.5) is 0 Å². The summed E-state index contributed by atoms with van der Waals surface area (Å²) in [7, 11) is 0. The van der Waals surface area contributed by atoms with Crippen molar-refractivity contribution >= 4 is 5.97 Å². The Morgan fingerprint density at radius 1 is 1.25 bits per heavy atom. The molecule has 3 unspecified atom stereocenters. The van der Waals surface area contributed by atoms with Gasteiger partial charge in [-0.15, -0.1) is 0 Å². The van der Waals surface area contributed by atoms with Crippen molar-refractivity contribution in [1.29, 1.82) is 0 Å². The number of carbonyl (C=O) groups is 1. The average molecular weight is 275 g/mol. The summed E-state index contributed by atoms with van der Waals surface area (Å²) in [5, 5.41) is 13.0. The van der Waals surface area contributed by atoms with Crippen molar-refractivity contribution in [3.05, 3.63) is 23.3 Å². The Labute approximate surface area is 116 Å². The van der Waals surface area contributed by atoms with E-state index in [-0.39, 0.29) is 24.7 Å². The first-order chi connectivity index (χ1) is 9.74. The molecule has 1 aromatic carbocycles. The highest BCUT2D eigenvalue weighted by molar-refractivity contribution is 5.72. The molecule has 0 spiro atoms. The quantitative estimate of drug-likeness (QED) is 0.818. The van der Waals surface area contributed by atoms with Crippen molar-refractivity contribution in [3.8, 4) is 11.5 Å². The van der Waals surface area contributed by atoms with Crippen LogP contribution in [0.3, 0.4) is 0 Å². The topological polar surface area (TPSA) is 67.8 Å². The second-order valence-electron chi connectivity index (χ2n) is 5.79. The lowest BCUT2D eigenvalue weighted by molar-refractivity contribution is -0.144. The molecule has 0 saturated heterocycles. The molecule has 0 bridgehead atoms. The van der Waals surface area contributed by atoms with Crippen LogP contribution in [0.1, 0.15) is 36.3 Å². The second kappa shape index (κ2) is 4.38. The molecular weight excluding hydrogens is 258 g/mol. The van der Waals surface area contributed by atoms with Gasteiger partial charge in [0.1, 0.15) is 0 Å². The monoisotopic (exact) mass is 275 g/mol. The van der Waals surface area contributed by atoms with Crippen LogP contribution in [0.2, 0.25) is 0 Å². The Morgan fingerprint density at radius 2 is 2.05 bits per heavy atom. The zero-order valence-corrected chi connectivity index (χ0v) is 11.1. The van der Waals surface area contributed by atoms with Gasteiger partial charge in [-0.05, 0) is 36.1 Å². The molecule has 2 heterocycles. The van der Waals surface area contributed by atoms with Crippen LogP contribution in [0, 0.1) is 5.92 Å². The van der Waals surface area contributed by atoms with Crippen molar-refractivity contribution in [1.82, 2.24) is 5.32 Å². The van der Waals surface area contributed by atoms with E-state index in [0.717, 1.165) is 48.4 Å². The van der Waals surface area contributed by atoms with E-state index in [1.54, 1.807) is 0 Å². The zero-order chi connectivity index (χ0) is 13.7. The number of nitrogens with one attached hydrogen (secondary N) is 1. The maximum atomic E-state index is 11.6. The number of benzene rings is 1. The second-order valence-corrected chi connectivity index (χ2v) is 5.79. The van der Waals surface area contributed by atoms with Crippen LogP contribution in [0.25, 0.3) is 0 Å². The molecular formula is C15H17NO4. The molecule has 0 aromatic heterocycles. The van der Waals surface area contributed by atoms with Gasteiger partial charge in [-0.25, -0.2) is 0 Å². The number of fused-ring (bicyclic) bond motifs is 4. The highest BCUT2D eigenvalue weighted by Crippen LogP contribution is 2.46. The van der Waals surface area contributed by atoms with Gasteiger partial charge in [-0.3, -0.25) is 4.79 Å². The summed E-state index contributed by atoms with van der Waals surface area (Å²) >= 11 is 0. The molecule has 3 aliphatic rings. The van der Waals surface area contributed by atoms with E-state index >= 15 is 0 Å². The van der Waals surface area contributed by atoms with Crippen molar-refractivity contribution in [2.45, 2.75) is 37.8 Å². The molecule has 2 aliphatic heterocycles. The number of ether oxygens (including phenoxy) is 2. The van der Waals surface area contributed by atoms with E-state index < -0.39 is 5.97 Å². The predicted octanol–water partition coefficient (Wildman–Crippen LogP) is 1.86. The van der Waals surface area contributed by atoms with Gasteiger partial charge in [-0.2, -0.15) is 0 Å². The fourth-order valence-electron chi connectivity index (χ4n) is 3.84. The summed E-state index contributed by atoms with van der Waals surface area (Å²) in [6, 6.07) is 4.25. The first-order valence-electron chi connectivity index (χ1n) is 7.12. The SMILES string of the molecule is O=C(O)C1CCCC2NCc3cc4c(cc3C21)OCO4. The van der Waals surface area contributed by atoms with Gasteiger partial charge in [0.25, 0.3) is 0 Å². The molecule has 5 nitrogen and oxygen atoms in total. The number of hydrogen-bond donors (Lipinski definition) is 2. The third-order valence-electron chi connectivity index (χ3n) is 4.76. The van der Waals surface area contributed by atoms with Crippen LogP contribution in [0.15, 0.2) is 12.1 Å². The summed E-state index contributed by atoms with van der Waals surface area (Å²) < 4.78 is 10.9. The van der Waals surface area contributed by atoms with Gasteiger partial charge in [0.2, 0.25) is 6.79 Å². The van der Waals surface area contributed by atoms with Gasteiger partial charge in [0.05, 0.1) is 5.92 Å². The molecule has 0 amide bonds. The number of carboxylic acids is 1. The molecule has 20 heavy (non-hydrogen) atoms. The maximum absolute atomic E-state index is 11.6. The zero-order valence-electron chi connectivity index (χ0n) is 11.1. The fraction of sp³-hybridized carbons (Fsp3) is 0.533. The molecule has 3 atom stereocenters. The van der Waals surface area contributed by atoms with Crippen LogP contribution in [0.5, 0.6) is 11.5 Å². The van der Waals surface area contributed by atoms with Crippen LogP contribution in [-0.4, -0.2) is 23.9 Å². The van der Waals surface area contributed by atoms with E-state index in [9.17, 15) is 9.90 Å². The minimum Gasteiger partial charge on any atom is -0.481 e. The first kappa shape index (κ1) is 12.0. The molecule has 1 saturated carbocycles. The molecule has 1 fully saturated rings. The molecule has 2 N–H and O–H groups in total. The third-order valence-corrected chi connectivity index (χ3v) is 4.76. The lowest BCUT2D eigenvalue weighted by atomic mass is 9.69. The smallest absolute Gasteiger partial charge is 0.307 e. The standard InChI is InChI=1S/C15H17NO4/c17-15(18)9-2-1-3-11-14(9)10-5-13-12(19-7-20-13)4-8(10)6-16-11/h4-5,9,11,14,16H,1-3,6-7H2,(H,17,18). The molecule has 5 heteroatoms. The lowest BCUT2D eigenvalue weighted by Gasteiger charge is -2.41. The number of aliphatic carboxylic acids is 1. The Bertz CT molecular complexity index is 571.